The summed E-state index contributed by atoms with van der Waals surface area (Å²) in [4.78, 5) is 17.0. The molecule has 1 amide bonds. The molecule has 1 aromatic heterocycles. The molecule has 2 heterocycles. The van der Waals surface area contributed by atoms with Crippen LogP contribution in [-0.4, -0.2) is 37.8 Å². The van der Waals surface area contributed by atoms with E-state index in [0.717, 1.165) is 42.0 Å². The highest BCUT2D eigenvalue weighted by Crippen LogP contribution is 2.23. The lowest BCUT2D eigenvalue weighted by atomic mass is 10.1. The Labute approximate surface area is 129 Å². The molecule has 1 aromatic carbocycles. The van der Waals surface area contributed by atoms with E-state index in [1.54, 1.807) is 7.11 Å². The number of aromatic nitrogens is 1. The Balaban J connectivity index is 1.86. The van der Waals surface area contributed by atoms with Gasteiger partial charge in [0.25, 0.3) is 5.91 Å². The third-order valence-electron chi connectivity index (χ3n) is 3.97. The van der Waals surface area contributed by atoms with Gasteiger partial charge in [0.1, 0.15) is 5.75 Å². The second-order valence-electron chi connectivity index (χ2n) is 5.63. The minimum absolute atomic E-state index is 0.0624. The number of ether oxygens (including phenoxy) is 2. The van der Waals surface area contributed by atoms with Gasteiger partial charge in [-0.05, 0) is 31.5 Å². The van der Waals surface area contributed by atoms with Crippen molar-refractivity contribution in [1.29, 1.82) is 0 Å². The standard InChI is InChI=1S/C17H20N2O3/c1-11-7-15(17(20)18-9-12-5-6-22-10-12)14-4-3-13(21-2)8-16(14)19-11/h3-4,7-8,12H,5-6,9-10H2,1-2H3,(H,18,20)/t12-/m0/s1. The van der Waals surface area contributed by atoms with Gasteiger partial charge < -0.3 is 14.8 Å². The highest BCUT2D eigenvalue weighted by molar-refractivity contribution is 6.06. The largest absolute Gasteiger partial charge is 0.497 e. The van der Waals surface area contributed by atoms with Gasteiger partial charge in [-0.25, -0.2) is 0 Å². The molecule has 0 spiro atoms. The molecular weight excluding hydrogens is 280 g/mol. The fourth-order valence-corrected chi connectivity index (χ4v) is 2.73. The zero-order valence-corrected chi connectivity index (χ0v) is 12.9. The molecule has 1 aliphatic heterocycles. The van der Waals surface area contributed by atoms with E-state index in [0.29, 0.717) is 18.0 Å². The monoisotopic (exact) mass is 300 g/mol. The Bertz CT molecular complexity index is 694. The van der Waals surface area contributed by atoms with Crippen molar-refractivity contribution in [3.63, 3.8) is 0 Å². The van der Waals surface area contributed by atoms with Crippen molar-refractivity contribution < 1.29 is 14.3 Å². The molecule has 5 nitrogen and oxygen atoms in total. The van der Waals surface area contributed by atoms with Gasteiger partial charge in [-0.1, -0.05) is 0 Å². The minimum atomic E-state index is -0.0624. The van der Waals surface area contributed by atoms with Gasteiger partial charge in [0.05, 0.1) is 24.8 Å². The Morgan fingerprint density at radius 3 is 3.05 bits per heavy atom. The number of pyridine rings is 1. The normalized spacial score (nSPS) is 17.6. The van der Waals surface area contributed by atoms with Crippen LogP contribution in [0.25, 0.3) is 10.9 Å². The number of fused-ring (bicyclic) bond motifs is 1. The number of carbonyl (C=O) groups excluding carboxylic acids is 1. The van der Waals surface area contributed by atoms with Crippen molar-refractivity contribution in [1.82, 2.24) is 10.3 Å². The van der Waals surface area contributed by atoms with Gasteiger partial charge in [0, 0.05) is 36.2 Å². The van der Waals surface area contributed by atoms with Crippen molar-refractivity contribution in [3.8, 4) is 5.75 Å². The first-order valence-electron chi connectivity index (χ1n) is 7.48. The Hall–Kier alpha value is -2.14. The van der Waals surface area contributed by atoms with Crippen LogP contribution in [-0.2, 0) is 4.74 Å². The van der Waals surface area contributed by atoms with E-state index in [-0.39, 0.29) is 5.91 Å². The van der Waals surface area contributed by atoms with Crippen LogP contribution in [0.3, 0.4) is 0 Å². The molecule has 1 aliphatic rings. The van der Waals surface area contributed by atoms with E-state index in [1.165, 1.54) is 0 Å². The first-order valence-corrected chi connectivity index (χ1v) is 7.48. The summed E-state index contributed by atoms with van der Waals surface area (Å²) in [7, 11) is 1.62. The quantitative estimate of drug-likeness (QED) is 0.941. The number of benzene rings is 1. The molecule has 116 valence electrons. The van der Waals surface area contributed by atoms with E-state index in [1.807, 2.05) is 31.2 Å². The molecule has 2 aromatic rings. The summed E-state index contributed by atoms with van der Waals surface area (Å²) in [5, 5.41) is 3.85. The van der Waals surface area contributed by atoms with Crippen LogP contribution in [0.15, 0.2) is 24.3 Å². The molecule has 0 saturated carbocycles. The van der Waals surface area contributed by atoms with Gasteiger partial charge in [0.2, 0.25) is 0 Å². The Morgan fingerprint density at radius 1 is 1.45 bits per heavy atom. The molecule has 0 radical (unpaired) electrons. The molecule has 0 unspecified atom stereocenters. The van der Waals surface area contributed by atoms with E-state index in [9.17, 15) is 4.79 Å². The van der Waals surface area contributed by atoms with Crippen LogP contribution < -0.4 is 10.1 Å². The summed E-state index contributed by atoms with van der Waals surface area (Å²) in [5.74, 6) is 1.09. The topological polar surface area (TPSA) is 60.5 Å². The number of nitrogens with zero attached hydrogens (tertiary/aromatic N) is 1. The van der Waals surface area contributed by atoms with Gasteiger partial charge in [-0.3, -0.25) is 9.78 Å². The molecule has 5 heteroatoms. The van der Waals surface area contributed by atoms with Crippen LogP contribution in [0.1, 0.15) is 22.5 Å². The number of nitrogens with one attached hydrogen (secondary N) is 1. The molecule has 1 saturated heterocycles. The third kappa shape index (κ3) is 3.04. The highest BCUT2D eigenvalue weighted by Gasteiger charge is 2.18. The second-order valence-corrected chi connectivity index (χ2v) is 5.63. The summed E-state index contributed by atoms with van der Waals surface area (Å²) < 4.78 is 10.6. The van der Waals surface area contributed by atoms with E-state index >= 15 is 0 Å². The van der Waals surface area contributed by atoms with Gasteiger partial charge >= 0.3 is 0 Å². The SMILES string of the molecule is COc1ccc2c(C(=O)NC[C@@H]3CCOC3)cc(C)nc2c1. The van der Waals surface area contributed by atoms with Crippen LogP contribution in [0.5, 0.6) is 5.75 Å². The lowest BCUT2D eigenvalue weighted by molar-refractivity contribution is 0.0946. The van der Waals surface area contributed by atoms with Crippen molar-refractivity contribution in [3.05, 3.63) is 35.5 Å². The van der Waals surface area contributed by atoms with E-state index in [4.69, 9.17) is 9.47 Å². The summed E-state index contributed by atoms with van der Waals surface area (Å²) in [6.07, 6.45) is 1.01. The van der Waals surface area contributed by atoms with Crippen molar-refractivity contribution in [2.45, 2.75) is 13.3 Å². The Morgan fingerprint density at radius 2 is 2.32 bits per heavy atom. The molecule has 0 bridgehead atoms. The van der Waals surface area contributed by atoms with Crippen molar-refractivity contribution in [2.24, 2.45) is 5.92 Å². The van der Waals surface area contributed by atoms with Gasteiger partial charge in [-0.15, -0.1) is 0 Å². The maximum absolute atomic E-state index is 12.5. The fraction of sp³-hybridized carbons (Fsp3) is 0.412. The lowest BCUT2D eigenvalue weighted by Gasteiger charge is -2.12. The number of hydrogen-bond donors (Lipinski definition) is 1. The summed E-state index contributed by atoms with van der Waals surface area (Å²) in [5.41, 5.74) is 2.24. The number of hydrogen-bond acceptors (Lipinski definition) is 4. The number of amides is 1. The lowest BCUT2D eigenvalue weighted by Crippen LogP contribution is -2.29. The second kappa shape index (κ2) is 6.32. The Kier molecular flexibility index (Phi) is 4.24. The number of methoxy groups -OCH3 is 1. The van der Waals surface area contributed by atoms with Gasteiger partial charge in [-0.2, -0.15) is 0 Å². The third-order valence-corrected chi connectivity index (χ3v) is 3.97. The molecule has 1 atom stereocenters. The summed E-state index contributed by atoms with van der Waals surface area (Å²) in [6, 6.07) is 7.41. The van der Waals surface area contributed by atoms with Crippen LogP contribution in [0, 0.1) is 12.8 Å². The molecular formula is C17H20N2O3. The predicted molar refractivity (Wildman–Crippen MR) is 84.3 cm³/mol. The molecule has 0 aliphatic carbocycles. The molecule has 3 rings (SSSR count). The van der Waals surface area contributed by atoms with E-state index < -0.39 is 0 Å². The number of rotatable bonds is 4. The van der Waals surface area contributed by atoms with Crippen molar-refractivity contribution >= 4 is 16.8 Å². The average molecular weight is 300 g/mol. The molecule has 1 N–H and O–H groups in total. The van der Waals surface area contributed by atoms with Crippen LogP contribution >= 0.6 is 0 Å². The first kappa shape index (κ1) is 14.8. The zero-order chi connectivity index (χ0) is 15.5. The molecule has 1 fully saturated rings. The van der Waals surface area contributed by atoms with Crippen LogP contribution in [0.4, 0.5) is 0 Å². The van der Waals surface area contributed by atoms with E-state index in [2.05, 4.69) is 10.3 Å². The maximum Gasteiger partial charge on any atom is 0.252 e. The maximum atomic E-state index is 12.5. The van der Waals surface area contributed by atoms with Gasteiger partial charge in [0.15, 0.2) is 0 Å². The smallest absolute Gasteiger partial charge is 0.252 e. The summed E-state index contributed by atoms with van der Waals surface area (Å²) in [6.45, 7) is 4.06. The molecule has 22 heavy (non-hydrogen) atoms. The predicted octanol–water partition coefficient (Wildman–Crippen LogP) is 2.32. The first-order chi connectivity index (χ1) is 10.7. The highest BCUT2D eigenvalue weighted by atomic mass is 16.5. The number of aryl methyl sites for hydroxylation is 1. The van der Waals surface area contributed by atoms with Crippen LogP contribution in [0.2, 0.25) is 0 Å². The number of carbonyl (C=O) groups is 1. The average Bonchev–Trinajstić information content (AvgIpc) is 3.04. The van der Waals surface area contributed by atoms with Crippen molar-refractivity contribution in [2.75, 3.05) is 26.9 Å². The minimum Gasteiger partial charge on any atom is -0.497 e. The fourth-order valence-electron chi connectivity index (χ4n) is 2.73. The summed E-state index contributed by atoms with van der Waals surface area (Å²) >= 11 is 0. The zero-order valence-electron chi connectivity index (χ0n) is 12.9.